The zero-order chi connectivity index (χ0) is 44.3. The Balaban J connectivity index is 0.886. The van der Waals surface area contributed by atoms with Crippen molar-refractivity contribution in [2.75, 3.05) is 0 Å². The third kappa shape index (κ3) is 6.41. The summed E-state index contributed by atoms with van der Waals surface area (Å²) in [5.74, 6) is 0.685. The van der Waals surface area contributed by atoms with Crippen LogP contribution in [0.25, 0.3) is 101 Å². The van der Waals surface area contributed by atoms with E-state index in [2.05, 4.69) is 249 Å². The molecule has 0 bridgehead atoms. The van der Waals surface area contributed by atoms with Gasteiger partial charge >= 0.3 is 0 Å². The molecular formula is C65H42N2. The molecule has 1 heterocycles. The van der Waals surface area contributed by atoms with E-state index < -0.39 is 0 Å². The number of hydrogen-bond donors (Lipinski definition) is 0. The Morgan fingerprint density at radius 3 is 1.10 bits per heavy atom. The summed E-state index contributed by atoms with van der Waals surface area (Å²) in [7, 11) is 0. The maximum absolute atomic E-state index is 5.35. The van der Waals surface area contributed by atoms with E-state index in [1.165, 1.54) is 55.6 Å². The first kappa shape index (κ1) is 38.7. The fraction of sp³-hybridized carbons (Fsp3) is 0.0154. The molecule has 0 N–H and O–H groups in total. The first-order valence-electron chi connectivity index (χ1n) is 23.0. The second-order valence-corrected chi connectivity index (χ2v) is 17.7. The van der Waals surface area contributed by atoms with Gasteiger partial charge in [-0.2, -0.15) is 0 Å². The van der Waals surface area contributed by atoms with E-state index in [0.717, 1.165) is 61.5 Å². The van der Waals surface area contributed by atoms with Crippen LogP contribution < -0.4 is 0 Å². The normalized spacial score (nSPS) is 12.6. The van der Waals surface area contributed by atoms with Crippen molar-refractivity contribution in [2.24, 2.45) is 0 Å². The molecule has 2 aliphatic rings. The summed E-state index contributed by atoms with van der Waals surface area (Å²) in [5.41, 5.74) is 24.4. The number of benzene rings is 10. The molecule has 0 atom stereocenters. The molecule has 0 saturated heterocycles. The van der Waals surface area contributed by atoms with Crippen LogP contribution in [0.2, 0.25) is 0 Å². The van der Waals surface area contributed by atoms with E-state index in [9.17, 15) is 0 Å². The SMILES string of the molecule is c1ccc(-c2cc(-c3ccccc3)cc(-c3cc(-c4ccccc4)nc(-c4cccc(-c5ccc(-c6ccc7c(c6)C6(c8ccccc8-c8ccccc86)c6ccccc6-7)cc5)c4)n3)c2)cc1. The van der Waals surface area contributed by atoms with Gasteiger partial charge in [-0.25, -0.2) is 9.97 Å². The van der Waals surface area contributed by atoms with E-state index in [4.69, 9.17) is 9.97 Å². The number of aromatic nitrogens is 2. The predicted molar refractivity (Wildman–Crippen MR) is 276 cm³/mol. The Bertz CT molecular complexity index is 3550. The van der Waals surface area contributed by atoms with Crippen molar-refractivity contribution in [3.05, 3.63) is 277 Å². The maximum Gasteiger partial charge on any atom is 0.160 e. The van der Waals surface area contributed by atoms with Gasteiger partial charge in [-0.1, -0.05) is 218 Å². The summed E-state index contributed by atoms with van der Waals surface area (Å²) < 4.78 is 0. The summed E-state index contributed by atoms with van der Waals surface area (Å²) in [4.78, 5) is 10.6. The lowest BCUT2D eigenvalue weighted by Gasteiger charge is -2.30. The van der Waals surface area contributed by atoms with E-state index in [1.807, 2.05) is 6.07 Å². The van der Waals surface area contributed by atoms with Crippen molar-refractivity contribution >= 4 is 0 Å². The van der Waals surface area contributed by atoms with E-state index >= 15 is 0 Å². The Morgan fingerprint density at radius 1 is 0.209 bits per heavy atom. The van der Waals surface area contributed by atoms with E-state index in [0.29, 0.717) is 5.82 Å². The lowest BCUT2D eigenvalue weighted by atomic mass is 9.70. The number of nitrogens with zero attached hydrogens (tertiary/aromatic N) is 2. The van der Waals surface area contributed by atoms with Crippen LogP contribution in [0.3, 0.4) is 0 Å². The Morgan fingerprint density at radius 2 is 0.567 bits per heavy atom. The summed E-state index contributed by atoms with van der Waals surface area (Å²) in [6.45, 7) is 0. The van der Waals surface area contributed by atoms with Gasteiger partial charge in [0.15, 0.2) is 5.82 Å². The highest BCUT2D eigenvalue weighted by Crippen LogP contribution is 2.63. The van der Waals surface area contributed by atoms with Gasteiger partial charge in [-0.05, 0) is 125 Å². The average Bonchev–Trinajstić information content (AvgIpc) is 3.88. The summed E-state index contributed by atoms with van der Waals surface area (Å²) in [6.07, 6.45) is 0. The van der Waals surface area contributed by atoms with E-state index in [-0.39, 0.29) is 5.41 Å². The third-order valence-electron chi connectivity index (χ3n) is 13.9. The summed E-state index contributed by atoms with van der Waals surface area (Å²) in [5, 5.41) is 0. The largest absolute Gasteiger partial charge is 0.228 e. The lowest BCUT2D eigenvalue weighted by Crippen LogP contribution is -2.25. The van der Waals surface area contributed by atoms with Gasteiger partial charge in [0.1, 0.15) is 0 Å². The highest BCUT2D eigenvalue weighted by molar-refractivity contribution is 5.96. The number of fused-ring (bicyclic) bond motifs is 10. The molecule has 0 fully saturated rings. The standard InChI is InChI=1S/C65H42N2/c1-4-17-43(18-5-1)51-38-52(44-19-6-2-7-20-44)40-53(39-51)63-42-62(47-21-8-3-9-22-47)66-64(67-63)50-24-16-23-48(37-50)45-31-33-46(34-32-45)49-35-36-57-56-27-12-15-30-60(56)65(61(57)41-49)58-28-13-10-25-54(58)55-26-11-14-29-59(55)65/h1-42H. The van der Waals surface area contributed by atoms with Crippen molar-refractivity contribution in [1.82, 2.24) is 9.97 Å². The first-order valence-corrected chi connectivity index (χ1v) is 23.0. The highest BCUT2D eigenvalue weighted by Gasteiger charge is 2.51. The molecule has 312 valence electrons. The van der Waals surface area contributed by atoms with Gasteiger partial charge < -0.3 is 0 Å². The Hall–Kier alpha value is -8.72. The average molecular weight is 851 g/mol. The first-order chi connectivity index (χ1) is 33.2. The molecule has 11 aromatic rings. The minimum Gasteiger partial charge on any atom is -0.228 e. The molecule has 1 aromatic heterocycles. The summed E-state index contributed by atoms with van der Waals surface area (Å²) in [6, 6.07) is 92.3. The zero-order valence-electron chi connectivity index (χ0n) is 36.6. The molecule has 10 aromatic carbocycles. The van der Waals surface area contributed by atoms with Crippen molar-refractivity contribution in [2.45, 2.75) is 5.41 Å². The van der Waals surface area contributed by atoms with Crippen molar-refractivity contribution in [1.29, 1.82) is 0 Å². The fourth-order valence-corrected chi connectivity index (χ4v) is 10.8. The fourth-order valence-electron chi connectivity index (χ4n) is 10.8. The van der Waals surface area contributed by atoms with Gasteiger partial charge in [-0.3, -0.25) is 0 Å². The predicted octanol–water partition coefficient (Wildman–Crippen LogP) is 16.5. The Kier molecular flexibility index (Phi) is 9.11. The highest BCUT2D eigenvalue weighted by atomic mass is 14.9. The molecule has 0 aliphatic heterocycles. The van der Waals surface area contributed by atoms with Gasteiger partial charge in [-0.15, -0.1) is 0 Å². The van der Waals surface area contributed by atoms with Crippen molar-refractivity contribution in [3.8, 4) is 101 Å². The molecule has 2 heteroatoms. The van der Waals surface area contributed by atoms with Crippen LogP contribution in [0.4, 0.5) is 0 Å². The van der Waals surface area contributed by atoms with Crippen LogP contribution in [0.1, 0.15) is 22.3 Å². The van der Waals surface area contributed by atoms with Crippen LogP contribution in [-0.4, -0.2) is 9.97 Å². The maximum atomic E-state index is 5.35. The minimum absolute atomic E-state index is 0.371. The van der Waals surface area contributed by atoms with Gasteiger partial charge in [0.25, 0.3) is 0 Å². The number of hydrogen-bond acceptors (Lipinski definition) is 2. The molecule has 2 aliphatic carbocycles. The van der Waals surface area contributed by atoms with E-state index in [1.54, 1.807) is 0 Å². The van der Waals surface area contributed by atoms with Crippen LogP contribution in [0.5, 0.6) is 0 Å². The smallest absolute Gasteiger partial charge is 0.160 e. The van der Waals surface area contributed by atoms with Gasteiger partial charge in [0, 0.05) is 16.7 Å². The molecule has 2 nitrogen and oxygen atoms in total. The second-order valence-electron chi connectivity index (χ2n) is 17.7. The van der Waals surface area contributed by atoms with Crippen LogP contribution >= 0.6 is 0 Å². The minimum atomic E-state index is -0.371. The van der Waals surface area contributed by atoms with Gasteiger partial charge in [0.05, 0.1) is 16.8 Å². The third-order valence-corrected chi connectivity index (χ3v) is 13.9. The van der Waals surface area contributed by atoms with Crippen LogP contribution in [-0.2, 0) is 5.41 Å². The molecular weight excluding hydrogens is 809 g/mol. The van der Waals surface area contributed by atoms with Crippen molar-refractivity contribution < 1.29 is 0 Å². The monoisotopic (exact) mass is 850 g/mol. The van der Waals surface area contributed by atoms with Crippen molar-refractivity contribution in [3.63, 3.8) is 0 Å². The molecule has 0 radical (unpaired) electrons. The molecule has 13 rings (SSSR count). The molecule has 0 amide bonds. The van der Waals surface area contributed by atoms with Crippen LogP contribution in [0.15, 0.2) is 255 Å². The molecule has 0 saturated carbocycles. The molecule has 67 heavy (non-hydrogen) atoms. The second kappa shape index (κ2) is 15.8. The molecule has 0 unspecified atom stereocenters. The number of rotatable bonds is 7. The topological polar surface area (TPSA) is 25.8 Å². The van der Waals surface area contributed by atoms with Gasteiger partial charge in [0.2, 0.25) is 0 Å². The van der Waals surface area contributed by atoms with Crippen LogP contribution in [0, 0.1) is 0 Å². The quantitative estimate of drug-likeness (QED) is 0.160. The molecule has 1 spiro atoms. The lowest BCUT2D eigenvalue weighted by molar-refractivity contribution is 0.794. The zero-order valence-corrected chi connectivity index (χ0v) is 36.6. The summed E-state index contributed by atoms with van der Waals surface area (Å²) >= 11 is 0. The Labute approximate surface area is 391 Å².